The van der Waals surface area contributed by atoms with E-state index in [1.54, 1.807) is 6.07 Å². The van der Waals surface area contributed by atoms with Crippen molar-refractivity contribution >= 4 is 0 Å². The van der Waals surface area contributed by atoms with Crippen LogP contribution in [-0.4, -0.2) is 18.2 Å². The lowest BCUT2D eigenvalue weighted by atomic mass is 9.80. The molecule has 0 radical (unpaired) electrons. The molecular weight excluding hydrogens is 186 g/mol. The molecule has 0 aromatic heterocycles. The number of phenolic OH excluding ortho intramolecular Hbond substituents is 1. The van der Waals surface area contributed by atoms with Crippen LogP contribution in [0.2, 0.25) is 0 Å². The summed E-state index contributed by atoms with van der Waals surface area (Å²) in [4.78, 5) is 0. The molecule has 0 saturated carbocycles. The molecule has 1 aromatic carbocycles. The maximum atomic E-state index is 9.72. The van der Waals surface area contributed by atoms with Gasteiger partial charge in [-0.25, -0.2) is 0 Å². The molecule has 2 unspecified atom stereocenters. The monoisotopic (exact) mass is 205 g/mol. The van der Waals surface area contributed by atoms with E-state index in [-0.39, 0.29) is 0 Å². The van der Waals surface area contributed by atoms with E-state index in [0.29, 0.717) is 17.7 Å². The molecule has 0 aliphatic heterocycles. The third kappa shape index (κ3) is 2.00. The van der Waals surface area contributed by atoms with Gasteiger partial charge in [0.25, 0.3) is 0 Å². The molecule has 2 N–H and O–H groups in total. The van der Waals surface area contributed by atoms with E-state index in [1.807, 2.05) is 13.1 Å². The number of hydrogen-bond acceptors (Lipinski definition) is 2. The van der Waals surface area contributed by atoms with E-state index in [0.717, 1.165) is 18.4 Å². The molecule has 1 aliphatic carbocycles. The van der Waals surface area contributed by atoms with Gasteiger partial charge >= 0.3 is 0 Å². The van der Waals surface area contributed by atoms with Gasteiger partial charge in [-0.3, -0.25) is 0 Å². The Labute approximate surface area is 91.3 Å². The highest BCUT2D eigenvalue weighted by atomic mass is 16.3. The van der Waals surface area contributed by atoms with Crippen LogP contribution < -0.4 is 5.32 Å². The predicted octanol–water partition coefficient (Wildman–Crippen LogP) is 2.10. The van der Waals surface area contributed by atoms with Gasteiger partial charge in [-0.1, -0.05) is 12.1 Å². The highest BCUT2D eigenvalue weighted by molar-refractivity contribution is 5.41. The first-order valence-electron chi connectivity index (χ1n) is 5.69. The average Bonchev–Trinajstić information content (AvgIpc) is 2.28. The van der Waals surface area contributed by atoms with Crippen molar-refractivity contribution in [3.63, 3.8) is 0 Å². The van der Waals surface area contributed by atoms with Crippen molar-refractivity contribution in [3.8, 4) is 5.75 Å². The molecule has 2 atom stereocenters. The number of fused-ring (bicyclic) bond motifs is 1. The van der Waals surface area contributed by atoms with Crippen LogP contribution in [0.5, 0.6) is 5.75 Å². The van der Waals surface area contributed by atoms with Gasteiger partial charge < -0.3 is 10.4 Å². The van der Waals surface area contributed by atoms with Crippen LogP contribution in [0.15, 0.2) is 18.2 Å². The van der Waals surface area contributed by atoms with Crippen LogP contribution in [0, 0.1) is 5.92 Å². The van der Waals surface area contributed by atoms with Gasteiger partial charge in [-0.15, -0.1) is 0 Å². The lowest BCUT2D eigenvalue weighted by Crippen LogP contribution is -2.34. The van der Waals surface area contributed by atoms with Crippen molar-refractivity contribution in [1.82, 2.24) is 5.32 Å². The van der Waals surface area contributed by atoms with Gasteiger partial charge in [0.2, 0.25) is 0 Å². The quantitative estimate of drug-likeness (QED) is 0.775. The van der Waals surface area contributed by atoms with Crippen molar-refractivity contribution in [2.24, 2.45) is 5.92 Å². The number of aromatic hydroxyl groups is 1. The van der Waals surface area contributed by atoms with Crippen molar-refractivity contribution in [3.05, 3.63) is 29.3 Å². The number of phenols is 1. The SMILES string of the molecule is CNC(C)C1CCc2c(O)cccc2C1. The topological polar surface area (TPSA) is 32.3 Å². The molecule has 0 fully saturated rings. The minimum atomic E-state index is 0.475. The van der Waals surface area contributed by atoms with Crippen LogP contribution in [0.3, 0.4) is 0 Å². The Morgan fingerprint density at radius 1 is 1.47 bits per heavy atom. The predicted molar refractivity (Wildman–Crippen MR) is 62.1 cm³/mol. The Kier molecular flexibility index (Phi) is 2.96. The maximum absolute atomic E-state index is 9.72. The molecule has 0 heterocycles. The molecule has 0 saturated heterocycles. The van der Waals surface area contributed by atoms with Gasteiger partial charge in [0.1, 0.15) is 5.75 Å². The Morgan fingerprint density at radius 2 is 2.27 bits per heavy atom. The summed E-state index contributed by atoms with van der Waals surface area (Å²) in [7, 11) is 2.02. The molecule has 15 heavy (non-hydrogen) atoms. The molecule has 82 valence electrons. The zero-order valence-electron chi connectivity index (χ0n) is 9.46. The summed E-state index contributed by atoms with van der Waals surface area (Å²) in [5.41, 5.74) is 2.49. The fraction of sp³-hybridized carbons (Fsp3) is 0.538. The standard InChI is InChI=1S/C13H19NO/c1-9(14-2)10-6-7-12-11(8-10)4-3-5-13(12)15/h3-5,9-10,14-15H,6-8H2,1-2H3. The second-order valence-corrected chi connectivity index (χ2v) is 4.50. The van der Waals surface area contributed by atoms with Crippen LogP contribution in [0.4, 0.5) is 0 Å². The average molecular weight is 205 g/mol. The lowest BCUT2D eigenvalue weighted by molar-refractivity contribution is 0.349. The minimum absolute atomic E-state index is 0.475. The number of hydrogen-bond donors (Lipinski definition) is 2. The van der Waals surface area contributed by atoms with Crippen molar-refractivity contribution < 1.29 is 5.11 Å². The Bertz CT molecular complexity index is 348. The van der Waals surface area contributed by atoms with Gasteiger partial charge in [0, 0.05) is 6.04 Å². The molecule has 0 spiro atoms. The summed E-state index contributed by atoms with van der Waals surface area (Å²) in [6.45, 7) is 2.23. The summed E-state index contributed by atoms with van der Waals surface area (Å²) in [5, 5.41) is 13.0. The van der Waals surface area contributed by atoms with Crippen molar-refractivity contribution in [2.45, 2.75) is 32.2 Å². The van der Waals surface area contributed by atoms with E-state index in [9.17, 15) is 5.11 Å². The lowest BCUT2D eigenvalue weighted by Gasteiger charge is -2.29. The second kappa shape index (κ2) is 4.23. The van der Waals surface area contributed by atoms with Gasteiger partial charge in [-0.2, -0.15) is 0 Å². The first kappa shape index (κ1) is 10.5. The van der Waals surface area contributed by atoms with Gasteiger partial charge in [0.05, 0.1) is 0 Å². The molecule has 2 rings (SSSR count). The van der Waals surface area contributed by atoms with E-state index < -0.39 is 0 Å². The summed E-state index contributed by atoms with van der Waals surface area (Å²) < 4.78 is 0. The van der Waals surface area contributed by atoms with E-state index in [2.05, 4.69) is 18.3 Å². The normalized spacial score (nSPS) is 22.1. The molecule has 1 aliphatic rings. The first-order chi connectivity index (χ1) is 7.22. The van der Waals surface area contributed by atoms with Crippen LogP contribution >= 0.6 is 0 Å². The summed E-state index contributed by atoms with van der Waals surface area (Å²) in [5.74, 6) is 1.17. The minimum Gasteiger partial charge on any atom is -0.508 e. The third-order valence-electron chi connectivity index (χ3n) is 3.66. The van der Waals surface area contributed by atoms with Gasteiger partial charge in [-0.05, 0) is 56.3 Å². The van der Waals surface area contributed by atoms with Crippen LogP contribution in [-0.2, 0) is 12.8 Å². The molecule has 0 bridgehead atoms. The van der Waals surface area contributed by atoms with Crippen molar-refractivity contribution in [2.75, 3.05) is 7.05 Å². The van der Waals surface area contributed by atoms with E-state index >= 15 is 0 Å². The Morgan fingerprint density at radius 3 is 3.00 bits per heavy atom. The molecule has 2 heteroatoms. The summed E-state index contributed by atoms with van der Waals surface area (Å²) in [6.07, 6.45) is 3.27. The smallest absolute Gasteiger partial charge is 0.119 e. The number of benzene rings is 1. The largest absolute Gasteiger partial charge is 0.508 e. The van der Waals surface area contributed by atoms with Crippen LogP contribution in [0.1, 0.15) is 24.5 Å². The van der Waals surface area contributed by atoms with Crippen molar-refractivity contribution in [1.29, 1.82) is 0 Å². The molecule has 2 nitrogen and oxygen atoms in total. The molecule has 0 amide bonds. The van der Waals surface area contributed by atoms with Gasteiger partial charge in [0.15, 0.2) is 0 Å². The summed E-state index contributed by atoms with van der Waals surface area (Å²) in [6, 6.07) is 6.44. The molecular formula is C13H19NO. The van der Waals surface area contributed by atoms with Crippen LogP contribution in [0.25, 0.3) is 0 Å². The zero-order chi connectivity index (χ0) is 10.8. The highest BCUT2D eigenvalue weighted by Crippen LogP contribution is 2.32. The second-order valence-electron chi connectivity index (χ2n) is 4.50. The number of nitrogens with one attached hydrogen (secondary N) is 1. The third-order valence-corrected chi connectivity index (χ3v) is 3.66. The molecule has 1 aromatic rings. The Balaban J connectivity index is 2.20. The zero-order valence-corrected chi connectivity index (χ0v) is 9.46. The fourth-order valence-corrected chi connectivity index (χ4v) is 2.48. The van der Waals surface area contributed by atoms with E-state index in [1.165, 1.54) is 12.0 Å². The van der Waals surface area contributed by atoms with E-state index in [4.69, 9.17) is 0 Å². The highest BCUT2D eigenvalue weighted by Gasteiger charge is 2.23. The summed E-state index contributed by atoms with van der Waals surface area (Å²) >= 11 is 0. The fourth-order valence-electron chi connectivity index (χ4n) is 2.48. The Hall–Kier alpha value is -1.02. The number of rotatable bonds is 2. The first-order valence-corrected chi connectivity index (χ1v) is 5.69. The maximum Gasteiger partial charge on any atom is 0.119 e.